The smallest absolute Gasteiger partial charge is 0.232 e. The molecule has 1 N–H and O–H groups in total. The van der Waals surface area contributed by atoms with Gasteiger partial charge in [0.05, 0.1) is 5.75 Å². The summed E-state index contributed by atoms with van der Waals surface area (Å²) < 4.78 is 0. The lowest BCUT2D eigenvalue weighted by Gasteiger charge is -2.32. The molecule has 1 aromatic rings. The second-order valence-corrected chi connectivity index (χ2v) is 6.51. The number of piperidine rings is 1. The van der Waals surface area contributed by atoms with Crippen LogP contribution in [0.4, 0.5) is 0 Å². The molecule has 118 valence electrons. The van der Waals surface area contributed by atoms with E-state index in [9.17, 15) is 4.79 Å². The normalized spacial score (nSPS) is 18.2. The summed E-state index contributed by atoms with van der Waals surface area (Å²) in [5.74, 6) is 1.62. The predicted octanol–water partition coefficient (Wildman–Crippen LogP) is 3.21. The number of benzene rings is 1. The molecule has 1 amide bonds. The van der Waals surface area contributed by atoms with E-state index in [1.54, 1.807) is 11.8 Å². The van der Waals surface area contributed by atoms with Gasteiger partial charge in [0.15, 0.2) is 0 Å². The lowest BCUT2D eigenvalue weighted by Crippen LogP contribution is -2.47. The highest BCUT2D eigenvalue weighted by Gasteiger charge is 2.22. The highest BCUT2D eigenvalue weighted by Crippen LogP contribution is 2.18. The zero-order chi connectivity index (χ0) is 14.4. The highest BCUT2D eigenvalue weighted by atomic mass is 35.5. The van der Waals surface area contributed by atoms with Crippen molar-refractivity contribution in [3.63, 3.8) is 0 Å². The second-order valence-electron chi connectivity index (χ2n) is 5.09. The Bertz CT molecular complexity index is 459. The fourth-order valence-corrected chi connectivity index (χ4v) is 3.50. The van der Waals surface area contributed by atoms with Gasteiger partial charge < -0.3 is 10.2 Å². The molecule has 3 nitrogen and oxygen atoms in total. The molecule has 0 aliphatic carbocycles. The average molecular weight is 349 g/mol. The van der Waals surface area contributed by atoms with Gasteiger partial charge in [-0.2, -0.15) is 0 Å². The van der Waals surface area contributed by atoms with E-state index in [1.807, 2.05) is 36.2 Å². The minimum absolute atomic E-state index is 0. The average Bonchev–Trinajstić information content (AvgIpc) is 2.47. The van der Waals surface area contributed by atoms with Crippen molar-refractivity contribution in [1.29, 1.82) is 0 Å². The van der Waals surface area contributed by atoms with Gasteiger partial charge in [0, 0.05) is 29.9 Å². The first-order chi connectivity index (χ1) is 9.69. The van der Waals surface area contributed by atoms with E-state index in [4.69, 9.17) is 11.6 Å². The molecule has 1 aromatic carbocycles. The van der Waals surface area contributed by atoms with E-state index in [2.05, 4.69) is 5.32 Å². The summed E-state index contributed by atoms with van der Waals surface area (Å²) in [6.45, 7) is 1.74. The van der Waals surface area contributed by atoms with E-state index in [-0.39, 0.29) is 18.3 Å². The maximum Gasteiger partial charge on any atom is 0.232 e. The summed E-state index contributed by atoms with van der Waals surface area (Å²) in [5, 5.41) is 4.01. The monoisotopic (exact) mass is 348 g/mol. The number of likely N-dealkylation sites (tertiary alicyclic amines) is 1. The van der Waals surface area contributed by atoms with Gasteiger partial charge >= 0.3 is 0 Å². The van der Waals surface area contributed by atoms with E-state index in [1.165, 1.54) is 5.56 Å². The van der Waals surface area contributed by atoms with Crippen molar-refractivity contribution < 1.29 is 4.79 Å². The van der Waals surface area contributed by atoms with Crippen molar-refractivity contribution >= 4 is 41.7 Å². The molecule has 0 bridgehead atoms. The number of hydrogen-bond acceptors (Lipinski definition) is 3. The Morgan fingerprint density at radius 1 is 1.52 bits per heavy atom. The summed E-state index contributed by atoms with van der Waals surface area (Å²) in [6, 6.07) is 8.26. The summed E-state index contributed by atoms with van der Waals surface area (Å²) in [7, 11) is 1.96. The number of thioether (sulfide) groups is 1. The predicted molar refractivity (Wildman–Crippen MR) is 93.5 cm³/mol. The van der Waals surface area contributed by atoms with Crippen LogP contribution < -0.4 is 5.32 Å². The molecule has 1 fully saturated rings. The van der Waals surface area contributed by atoms with Crippen LogP contribution in [-0.2, 0) is 10.5 Å². The minimum Gasteiger partial charge on any atom is -0.340 e. The van der Waals surface area contributed by atoms with Crippen molar-refractivity contribution in [3.8, 4) is 0 Å². The van der Waals surface area contributed by atoms with Crippen LogP contribution in [0.25, 0.3) is 0 Å². The van der Waals surface area contributed by atoms with Crippen molar-refractivity contribution in [3.05, 3.63) is 34.9 Å². The molecule has 1 aliphatic rings. The number of nitrogens with one attached hydrogen (secondary N) is 1. The van der Waals surface area contributed by atoms with Crippen LogP contribution in [-0.4, -0.2) is 42.7 Å². The Morgan fingerprint density at radius 2 is 2.33 bits per heavy atom. The first kappa shape index (κ1) is 18.6. The number of amides is 1. The third kappa shape index (κ3) is 6.07. The summed E-state index contributed by atoms with van der Waals surface area (Å²) >= 11 is 7.60. The quantitative estimate of drug-likeness (QED) is 0.886. The SMILES string of the molecule is CNC1CCCN(C(=O)CSCc2cccc(Cl)c2)C1.Cl. The largest absolute Gasteiger partial charge is 0.340 e. The molecular weight excluding hydrogens is 327 g/mol. The first-order valence-electron chi connectivity index (χ1n) is 6.96. The number of rotatable bonds is 5. The third-order valence-corrected chi connectivity index (χ3v) is 4.79. The van der Waals surface area contributed by atoms with E-state index in [0.29, 0.717) is 11.8 Å². The molecule has 0 spiro atoms. The molecule has 1 aliphatic heterocycles. The Kier molecular flexibility index (Phi) is 8.49. The van der Waals surface area contributed by atoms with Gasteiger partial charge in [-0.15, -0.1) is 24.2 Å². The molecule has 21 heavy (non-hydrogen) atoms. The zero-order valence-corrected chi connectivity index (χ0v) is 14.6. The topological polar surface area (TPSA) is 32.3 Å². The lowest BCUT2D eigenvalue weighted by molar-refractivity contribution is -0.129. The molecule has 0 aromatic heterocycles. The maximum absolute atomic E-state index is 12.2. The van der Waals surface area contributed by atoms with Crippen LogP contribution in [0.3, 0.4) is 0 Å². The summed E-state index contributed by atoms with van der Waals surface area (Å²) in [6.07, 6.45) is 2.26. The Morgan fingerprint density at radius 3 is 3.05 bits per heavy atom. The number of likely N-dealkylation sites (N-methyl/N-ethyl adjacent to an activating group) is 1. The molecule has 2 rings (SSSR count). The van der Waals surface area contributed by atoms with Gasteiger partial charge in [-0.05, 0) is 37.6 Å². The standard InChI is InChI=1S/C15H21ClN2OS.ClH/c1-17-14-6-3-7-18(9-14)15(19)11-20-10-12-4-2-5-13(16)8-12;/h2,4-5,8,14,17H,3,6-7,9-11H2,1H3;1H. The molecule has 1 atom stereocenters. The van der Waals surface area contributed by atoms with Crippen molar-refractivity contribution in [2.24, 2.45) is 0 Å². The minimum atomic E-state index is 0. The van der Waals surface area contributed by atoms with Crippen LogP contribution in [0, 0.1) is 0 Å². The van der Waals surface area contributed by atoms with E-state index in [0.717, 1.165) is 36.7 Å². The fraction of sp³-hybridized carbons (Fsp3) is 0.533. The Balaban J connectivity index is 0.00000220. The van der Waals surface area contributed by atoms with Crippen LogP contribution in [0.15, 0.2) is 24.3 Å². The van der Waals surface area contributed by atoms with Gasteiger partial charge in [-0.1, -0.05) is 23.7 Å². The third-order valence-electron chi connectivity index (χ3n) is 3.57. The zero-order valence-electron chi connectivity index (χ0n) is 12.2. The number of halogens is 2. The van der Waals surface area contributed by atoms with Crippen LogP contribution in [0.1, 0.15) is 18.4 Å². The van der Waals surface area contributed by atoms with Crippen molar-refractivity contribution in [2.75, 3.05) is 25.9 Å². The molecular formula is C15H22Cl2N2OS. The molecule has 0 saturated carbocycles. The van der Waals surface area contributed by atoms with Gasteiger partial charge in [-0.3, -0.25) is 4.79 Å². The van der Waals surface area contributed by atoms with Gasteiger partial charge in [0.1, 0.15) is 0 Å². The highest BCUT2D eigenvalue weighted by molar-refractivity contribution is 7.99. The fourth-order valence-electron chi connectivity index (χ4n) is 2.41. The lowest BCUT2D eigenvalue weighted by atomic mass is 10.1. The molecule has 6 heteroatoms. The first-order valence-corrected chi connectivity index (χ1v) is 8.49. The van der Waals surface area contributed by atoms with Crippen molar-refractivity contribution in [2.45, 2.75) is 24.6 Å². The summed E-state index contributed by atoms with van der Waals surface area (Å²) in [4.78, 5) is 14.1. The van der Waals surface area contributed by atoms with E-state index >= 15 is 0 Å². The Labute approximate surface area is 142 Å². The molecule has 1 heterocycles. The second kappa shape index (κ2) is 9.57. The number of nitrogens with zero attached hydrogens (tertiary/aromatic N) is 1. The van der Waals surface area contributed by atoms with Crippen molar-refractivity contribution in [1.82, 2.24) is 10.2 Å². The Hall–Kier alpha value is -0.420. The number of hydrogen-bond donors (Lipinski definition) is 1. The van der Waals surface area contributed by atoms with Gasteiger partial charge in [-0.25, -0.2) is 0 Å². The summed E-state index contributed by atoms with van der Waals surface area (Å²) in [5.41, 5.74) is 1.17. The molecule has 1 saturated heterocycles. The van der Waals surface area contributed by atoms with Gasteiger partial charge in [0.2, 0.25) is 5.91 Å². The van der Waals surface area contributed by atoms with Crippen LogP contribution in [0.5, 0.6) is 0 Å². The van der Waals surface area contributed by atoms with Crippen LogP contribution in [0.2, 0.25) is 5.02 Å². The maximum atomic E-state index is 12.2. The number of carbonyl (C=O) groups is 1. The van der Waals surface area contributed by atoms with Gasteiger partial charge in [0.25, 0.3) is 0 Å². The van der Waals surface area contributed by atoms with E-state index < -0.39 is 0 Å². The van der Waals surface area contributed by atoms with Crippen LogP contribution >= 0.6 is 35.8 Å². The number of carbonyl (C=O) groups excluding carboxylic acids is 1. The molecule has 1 unspecified atom stereocenters. The molecule has 0 radical (unpaired) electrons.